The summed E-state index contributed by atoms with van der Waals surface area (Å²) in [5.41, 5.74) is 6.90. The molecular weight excluding hydrogens is 328 g/mol. The fourth-order valence-electron chi connectivity index (χ4n) is 2.92. The van der Waals surface area contributed by atoms with Crippen molar-refractivity contribution in [1.82, 2.24) is 14.8 Å². The van der Waals surface area contributed by atoms with E-state index in [1.165, 1.54) is 5.56 Å². The molecule has 0 radical (unpaired) electrons. The minimum Gasteiger partial charge on any atom is -0.416 e. The van der Waals surface area contributed by atoms with Crippen LogP contribution in [0.1, 0.15) is 33.3 Å². The van der Waals surface area contributed by atoms with Crippen molar-refractivity contribution in [2.75, 3.05) is 38.5 Å². The number of nitrogen functional groups attached to an aromatic ring is 1. The van der Waals surface area contributed by atoms with Crippen LogP contribution in [0.3, 0.4) is 0 Å². The molecule has 2 N–H and O–H groups in total. The molecule has 2 heterocycles. The smallest absolute Gasteiger partial charge is 0.192 e. The first kappa shape index (κ1) is 20.4. The van der Waals surface area contributed by atoms with Crippen molar-refractivity contribution < 1.29 is 4.43 Å². The molecule has 0 aromatic carbocycles. The van der Waals surface area contributed by atoms with Gasteiger partial charge in [0.15, 0.2) is 8.32 Å². The largest absolute Gasteiger partial charge is 0.416 e. The number of nitrogens with two attached hydrogens (primary N) is 1. The second kappa shape index (κ2) is 8.16. The van der Waals surface area contributed by atoms with E-state index in [0.717, 1.165) is 39.3 Å². The number of anilines is 1. The highest BCUT2D eigenvalue weighted by atomic mass is 28.4. The van der Waals surface area contributed by atoms with Crippen molar-refractivity contribution >= 4 is 14.1 Å². The molecule has 142 valence electrons. The predicted molar refractivity (Wildman–Crippen MR) is 108 cm³/mol. The summed E-state index contributed by atoms with van der Waals surface area (Å²) in [5.74, 6) is 0.586. The van der Waals surface area contributed by atoms with Crippen LogP contribution in [0.5, 0.6) is 0 Å². The maximum Gasteiger partial charge on any atom is 0.192 e. The lowest BCUT2D eigenvalue weighted by molar-refractivity contribution is 0.0674. The van der Waals surface area contributed by atoms with Gasteiger partial charge in [-0.25, -0.2) is 4.98 Å². The first-order chi connectivity index (χ1) is 11.6. The summed E-state index contributed by atoms with van der Waals surface area (Å²) < 4.78 is 6.33. The molecule has 1 aliphatic rings. The van der Waals surface area contributed by atoms with Crippen molar-refractivity contribution in [2.24, 2.45) is 0 Å². The van der Waals surface area contributed by atoms with Gasteiger partial charge in [0.2, 0.25) is 0 Å². The van der Waals surface area contributed by atoms with Crippen LogP contribution in [0.2, 0.25) is 18.1 Å². The third-order valence-corrected chi connectivity index (χ3v) is 10.3. The Labute approximate surface area is 154 Å². The molecule has 2 rings (SSSR count). The monoisotopic (exact) mass is 364 g/mol. The molecule has 0 unspecified atom stereocenters. The predicted octanol–water partition coefficient (Wildman–Crippen LogP) is 3.19. The van der Waals surface area contributed by atoms with E-state index in [2.05, 4.69) is 61.6 Å². The molecule has 0 saturated carbocycles. The van der Waals surface area contributed by atoms with Gasteiger partial charge in [-0.15, -0.1) is 0 Å². The topological polar surface area (TPSA) is 54.6 Å². The van der Waals surface area contributed by atoms with Gasteiger partial charge in [-0.2, -0.15) is 0 Å². The number of hydrogen-bond acceptors (Lipinski definition) is 5. The Morgan fingerprint density at radius 2 is 2.00 bits per heavy atom. The normalized spacial score (nSPS) is 20.8. The average molecular weight is 365 g/mol. The van der Waals surface area contributed by atoms with Crippen molar-refractivity contribution in [1.29, 1.82) is 0 Å². The van der Waals surface area contributed by atoms with Crippen LogP contribution in [0.15, 0.2) is 18.3 Å². The molecule has 1 aromatic heterocycles. The Bertz CT molecular complexity index is 541. The zero-order chi connectivity index (χ0) is 18.7. The van der Waals surface area contributed by atoms with Gasteiger partial charge in [0.25, 0.3) is 0 Å². The Hall–Kier alpha value is -0.953. The fraction of sp³-hybridized carbons (Fsp3) is 0.737. The van der Waals surface area contributed by atoms with E-state index < -0.39 is 8.32 Å². The Balaban J connectivity index is 1.76. The van der Waals surface area contributed by atoms with E-state index in [1.54, 1.807) is 0 Å². The van der Waals surface area contributed by atoms with Crippen LogP contribution in [-0.4, -0.2) is 61.9 Å². The third kappa shape index (κ3) is 5.77. The molecule has 1 fully saturated rings. The van der Waals surface area contributed by atoms with Crippen molar-refractivity contribution in [3.05, 3.63) is 23.9 Å². The zero-order valence-corrected chi connectivity index (χ0v) is 17.9. The lowest BCUT2D eigenvalue weighted by Gasteiger charge is -2.41. The van der Waals surface area contributed by atoms with Crippen molar-refractivity contribution in [3.63, 3.8) is 0 Å². The Morgan fingerprint density at radius 1 is 1.28 bits per heavy atom. The summed E-state index contributed by atoms with van der Waals surface area (Å²) in [4.78, 5) is 9.26. The summed E-state index contributed by atoms with van der Waals surface area (Å²) in [5, 5.41) is 0.284. The number of aromatic nitrogens is 1. The van der Waals surface area contributed by atoms with E-state index in [0.29, 0.717) is 11.9 Å². The van der Waals surface area contributed by atoms with Gasteiger partial charge < -0.3 is 10.2 Å². The zero-order valence-electron chi connectivity index (χ0n) is 16.9. The fourth-order valence-corrected chi connectivity index (χ4v) is 3.95. The third-order valence-electron chi connectivity index (χ3n) is 5.76. The van der Waals surface area contributed by atoms with Gasteiger partial charge >= 0.3 is 0 Å². The first-order valence-corrected chi connectivity index (χ1v) is 12.3. The van der Waals surface area contributed by atoms with Crippen LogP contribution in [0.4, 0.5) is 5.82 Å². The van der Waals surface area contributed by atoms with Gasteiger partial charge in [-0.05, 0) is 36.7 Å². The summed E-state index contributed by atoms with van der Waals surface area (Å²) >= 11 is 0. The quantitative estimate of drug-likeness (QED) is 0.786. The average Bonchev–Trinajstić information content (AvgIpc) is 2.51. The maximum atomic E-state index is 6.33. The van der Waals surface area contributed by atoms with Crippen LogP contribution in [0, 0.1) is 0 Å². The SMILES string of the molecule is C[C@H]1CN(CCO[Si](C)(C)C(C)(C)C)CCN1Cc1ccc(N)nc1. The summed E-state index contributed by atoms with van der Waals surface area (Å²) in [7, 11) is -1.63. The molecule has 0 spiro atoms. The van der Waals surface area contributed by atoms with Gasteiger partial charge in [0.05, 0.1) is 0 Å². The van der Waals surface area contributed by atoms with Gasteiger partial charge in [0, 0.05) is 51.6 Å². The molecule has 1 aromatic rings. The number of rotatable bonds is 6. The van der Waals surface area contributed by atoms with Crippen LogP contribution >= 0.6 is 0 Å². The van der Waals surface area contributed by atoms with Gasteiger partial charge in [-0.1, -0.05) is 26.8 Å². The second-order valence-corrected chi connectivity index (χ2v) is 13.6. The molecule has 5 nitrogen and oxygen atoms in total. The van der Waals surface area contributed by atoms with Gasteiger partial charge in [-0.3, -0.25) is 9.80 Å². The minimum absolute atomic E-state index is 0.284. The molecule has 0 amide bonds. The second-order valence-electron chi connectivity index (χ2n) is 8.82. The maximum absolute atomic E-state index is 6.33. The van der Waals surface area contributed by atoms with Crippen LogP contribution < -0.4 is 5.73 Å². The number of hydrogen-bond donors (Lipinski definition) is 1. The number of pyridine rings is 1. The molecule has 6 heteroatoms. The van der Waals surface area contributed by atoms with E-state index in [-0.39, 0.29) is 5.04 Å². The molecule has 1 saturated heterocycles. The van der Waals surface area contributed by atoms with Crippen LogP contribution in [-0.2, 0) is 11.0 Å². The first-order valence-electron chi connectivity index (χ1n) is 9.39. The van der Waals surface area contributed by atoms with E-state index in [9.17, 15) is 0 Å². The van der Waals surface area contributed by atoms with E-state index in [1.807, 2.05) is 12.3 Å². The molecule has 1 atom stereocenters. The molecule has 0 aliphatic carbocycles. The molecule has 25 heavy (non-hydrogen) atoms. The van der Waals surface area contributed by atoms with E-state index >= 15 is 0 Å². The van der Waals surface area contributed by atoms with Crippen molar-refractivity contribution in [3.8, 4) is 0 Å². The summed E-state index contributed by atoms with van der Waals surface area (Å²) in [6.07, 6.45) is 1.89. The molecular formula is C19H36N4OSi. The number of piperazine rings is 1. The highest BCUT2D eigenvalue weighted by Crippen LogP contribution is 2.36. The summed E-state index contributed by atoms with van der Waals surface area (Å²) in [6, 6.07) is 4.50. The van der Waals surface area contributed by atoms with Gasteiger partial charge in [0.1, 0.15) is 5.82 Å². The summed E-state index contributed by atoms with van der Waals surface area (Å²) in [6.45, 7) is 20.0. The number of nitrogens with zero attached hydrogens (tertiary/aromatic N) is 3. The lowest BCUT2D eigenvalue weighted by Crippen LogP contribution is -2.52. The molecule has 1 aliphatic heterocycles. The van der Waals surface area contributed by atoms with E-state index in [4.69, 9.17) is 10.2 Å². The standard InChI is InChI=1S/C19H36N4OSi/c1-16-14-22(11-12-24-25(5,6)19(2,3)4)9-10-23(16)15-17-7-8-18(20)21-13-17/h7-8,13,16H,9-12,14-15H2,1-6H3,(H2,20,21)/t16-/m0/s1. The minimum atomic E-state index is -1.63. The lowest BCUT2D eigenvalue weighted by atomic mass is 10.1. The Kier molecular flexibility index (Phi) is 6.65. The molecule has 0 bridgehead atoms. The van der Waals surface area contributed by atoms with Crippen LogP contribution in [0.25, 0.3) is 0 Å². The Morgan fingerprint density at radius 3 is 2.56 bits per heavy atom. The highest BCUT2D eigenvalue weighted by molar-refractivity contribution is 6.74. The highest BCUT2D eigenvalue weighted by Gasteiger charge is 2.37. The van der Waals surface area contributed by atoms with Crippen molar-refractivity contribution in [2.45, 2.75) is 58.4 Å².